The molecule has 0 radical (unpaired) electrons. The lowest BCUT2D eigenvalue weighted by atomic mass is 10.1. The van der Waals surface area contributed by atoms with Gasteiger partial charge in [-0.25, -0.2) is 4.79 Å². The van der Waals surface area contributed by atoms with Gasteiger partial charge in [-0.3, -0.25) is 4.79 Å². The van der Waals surface area contributed by atoms with Gasteiger partial charge in [0.05, 0.1) is 5.56 Å². The minimum Gasteiger partial charge on any atom is -0.507 e. The van der Waals surface area contributed by atoms with E-state index < -0.39 is 6.09 Å². The zero-order valence-electron chi connectivity index (χ0n) is 17.5. The van der Waals surface area contributed by atoms with Crippen molar-refractivity contribution in [1.29, 1.82) is 0 Å². The van der Waals surface area contributed by atoms with Gasteiger partial charge in [-0.2, -0.15) is 0 Å². The molecule has 2 aromatic rings. The highest BCUT2D eigenvalue weighted by atomic mass is 16.6. The topological polar surface area (TPSA) is 70.1 Å². The molecule has 6 nitrogen and oxygen atoms in total. The maximum atomic E-state index is 12.5. The van der Waals surface area contributed by atoms with E-state index in [9.17, 15) is 14.7 Å². The van der Waals surface area contributed by atoms with Crippen molar-refractivity contribution < 1.29 is 19.4 Å². The molecule has 1 N–H and O–H groups in total. The van der Waals surface area contributed by atoms with Crippen molar-refractivity contribution in [2.75, 3.05) is 31.1 Å². The second-order valence-corrected chi connectivity index (χ2v) is 7.20. The van der Waals surface area contributed by atoms with Crippen LogP contribution in [-0.2, 0) is 0 Å². The van der Waals surface area contributed by atoms with E-state index in [1.165, 1.54) is 24.3 Å². The third-order valence-electron chi connectivity index (χ3n) is 5.25. The number of aromatic hydroxyl groups is 1. The van der Waals surface area contributed by atoms with Crippen LogP contribution in [0.4, 0.5) is 10.5 Å². The minimum atomic E-state index is -0.431. The molecular formula is C24H28N2O4. The number of hydrogen-bond donors (Lipinski definition) is 1. The molecule has 2 aromatic carbocycles. The van der Waals surface area contributed by atoms with Gasteiger partial charge in [-0.05, 0) is 62.6 Å². The molecule has 30 heavy (non-hydrogen) atoms. The number of ether oxygens (including phenoxy) is 1. The van der Waals surface area contributed by atoms with Gasteiger partial charge in [0.15, 0.2) is 5.78 Å². The molecule has 3 rings (SSSR count). The van der Waals surface area contributed by atoms with Crippen LogP contribution in [0.2, 0.25) is 0 Å². The van der Waals surface area contributed by atoms with E-state index in [1.807, 2.05) is 24.3 Å². The lowest BCUT2D eigenvalue weighted by molar-refractivity contribution is 0.104. The SMILES string of the molecule is CCN(CC)c1ccc(/C=C/C(=O)c2ccc(OC(=O)N3CCCC3)cc2O)cc1. The van der Waals surface area contributed by atoms with Crippen LogP contribution in [0.5, 0.6) is 11.5 Å². The Balaban J connectivity index is 1.64. The Hall–Kier alpha value is -3.28. The molecule has 0 aliphatic carbocycles. The zero-order valence-corrected chi connectivity index (χ0v) is 17.5. The Morgan fingerprint density at radius 2 is 1.73 bits per heavy atom. The summed E-state index contributed by atoms with van der Waals surface area (Å²) in [4.78, 5) is 28.4. The number of hydrogen-bond acceptors (Lipinski definition) is 5. The van der Waals surface area contributed by atoms with Crippen molar-refractivity contribution in [3.63, 3.8) is 0 Å². The molecule has 0 bridgehead atoms. The largest absolute Gasteiger partial charge is 0.507 e. The molecule has 158 valence electrons. The highest BCUT2D eigenvalue weighted by molar-refractivity contribution is 6.08. The fourth-order valence-corrected chi connectivity index (χ4v) is 3.50. The van der Waals surface area contributed by atoms with E-state index in [-0.39, 0.29) is 22.8 Å². The molecule has 0 aromatic heterocycles. The van der Waals surface area contributed by atoms with Crippen LogP contribution in [0.25, 0.3) is 6.08 Å². The summed E-state index contributed by atoms with van der Waals surface area (Å²) >= 11 is 0. The molecule has 1 fully saturated rings. The number of ketones is 1. The van der Waals surface area contributed by atoms with E-state index in [1.54, 1.807) is 11.0 Å². The molecule has 1 aliphatic heterocycles. The standard InChI is InChI=1S/C24H28N2O4/c1-3-25(4-2)19-10-7-18(8-11-19)9-14-22(27)21-13-12-20(17-23(21)28)30-24(29)26-15-5-6-16-26/h7-14,17,28H,3-6,15-16H2,1-2H3/b14-9+. The number of rotatable bonds is 7. The average molecular weight is 408 g/mol. The van der Waals surface area contributed by atoms with Crippen LogP contribution in [0, 0.1) is 0 Å². The Kier molecular flexibility index (Phi) is 7.12. The lowest BCUT2D eigenvalue weighted by Crippen LogP contribution is -2.30. The van der Waals surface area contributed by atoms with Crippen molar-refractivity contribution in [3.8, 4) is 11.5 Å². The third kappa shape index (κ3) is 5.20. The summed E-state index contributed by atoms with van der Waals surface area (Å²) in [5, 5.41) is 10.2. The summed E-state index contributed by atoms with van der Waals surface area (Å²) in [6.07, 6.45) is 4.65. The molecule has 1 aliphatic rings. The minimum absolute atomic E-state index is 0.159. The number of benzene rings is 2. The van der Waals surface area contributed by atoms with Gasteiger partial charge < -0.3 is 19.6 Å². The van der Waals surface area contributed by atoms with Crippen LogP contribution in [0.15, 0.2) is 48.5 Å². The quantitative estimate of drug-likeness (QED) is 0.530. The Labute approximate surface area is 177 Å². The van der Waals surface area contributed by atoms with Crippen LogP contribution < -0.4 is 9.64 Å². The van der Waals surface area contributed by atoms with E-state index in [0.29, 0.717) is 13.1 Å². The van der Waals surface area contributed by atoms with Gasteiger partial charge >= 0.3 is 6.09 Å². The van der Waals surface area contributed by atoms with E-state index in [4.69, 9.17) is 4.74 Å². The zero-order chi connectivity index (χ0) is 21.5. The number of likely N-dealkylation sites (tertiary alicyclic amines) is 1. The average Bonchev–Trinajstić information content (AvgIpc) is 3.29. The Morgan fingerprint density at radius 1 is 1.07 bits per heavy atom. The fourth-order valence-electron chi connectivity index (χ4n) is 3.50. The molecule has 1 amide bonds. The second-order valence-electron chi connectivity index (χ2n) is 7.20. The number of anilines is 1. The summed E-state index contributed by atoms with van der Waals surface area (Å²) in [7, 11) is 0. The number of allylic oxidation sites excluding steroid dienone is 1. The van der Waals surface area contributed by atoms with Crippen molar-refractivity contribution in [2.24, 2.45) is 0 Å². The van der Waals surface area contributed by atoms with E-state index in [2.05, 4.69) is 18.7 Å². The molecule has 1 heterocycles. The Bertz CT molecular complexity index is 911. The van der Waals surface area contributed by atoms with Gasteiger partial charge in [0.2, 0.25) is 0 Å². The number of nitrogens with zero attached hydrogens (tertiary/aromatic N) is 2. The van der Waals surface area contributed by atoms with Gasteiger partial charge in [0.25, 0.3) is 0 Å². The highest BCUT2D eigenvalue weighted by Crippen LogP contribution is 2.25. The highest BCUT2D eigenvalue weighted by Gasteiger charge is 2.20. The Morgan fingerprint density at radius 3 is 2.33 bits per heavy atom. The smallest absolute Gasteiger partial charge is 0.415 e. The van der Waals surface area contributed by atoms with Crippen LogP contribution in [-0.4, -0.2) is 48.1 Å². The number of carbonyl (C=O) groups is 2. The summed E-state index contributed by atoms with van der Waals surface area (Å²) in [5.74, 6) is -0.317. The van der Waals surface area contributed by atoms with Gasteiger partial charge in [0, 0.05) is 37.9 Å². The lowest BCUT2D eigenvalue weighted by Gasteiger charge is -2.20. The summed E-state index contributed by atoms with van der Waals surface area (Å²) < 4.78 is 5.29. The second kappa shape index (κ2) is 9.96. The third-order valence-corrected chi connectivity index (χ3v) is 5.25. The molecule has 6 heteroatoms. The van der Waals surface area contributed by atoms with Gasteiger partial charge in [-0.15, -0.1) is 0 Å². The maximum absolute atomic E-state index is 12.5. The van der Waals surface area contributed by atoms with Crippen molar-refractivity contribution in [2.45, 2.75) is 26.7 Å². The first kappa shape index (κ1) is 21.4. The van der Waals surface area contributed by atoms with Crippen molar-refractivity contribution in [3.05, 3.63) is 59.7 Å². The monoisotopic (exact) mass is 408 g/mol. The predicted octanol–water partition coefficient (Wildman–Crippen LogP) is 4.73. The molecular weight excluding hydrogens is 380 g/mol. The summed E-state index contributed by atoms with van der Waals surface area (Å²) in [6.45, 7) is 7.46. The van der Waals surface area contributed by atoms with Crippen LogP contribution >= 0.6 is 0 Å². The molecule has 0 unspecified atom stereocenters. The van der Waals surface area contributed by atoms with Gasteiger partial charge in [0.1, 0.15) is 11.5 Å². The van der Waals surface area contributed by atoms with Crippen molar-refractivity contribution >= 4 is 23.6 Å². The number of phenols is 1. The number of phenolic OH excluding ortho intramolecular Hbond substituents is 1. The first-order valence-corrected chi connectivity index (χ1v) is 10.4. The van der Waals surface area contributed by atoms with Gasteiger partial charge in [-0.1, -0.05) is 18.2 Å². The molecule has 0 atom stereocenters. The number of amides is 1. The molecule has 0 saturated carbocycles. The number of carbonyl (C=O) groups excluding carboxylic acids is 2. The van der Waals surface area contributed by atoms with E-state index in [0.717, 1.165) is 37.2 Å². The van der Waals surface area contributed by atoms with Crippen LogP contribution in [0.3, 0.4) is 0 Å². The summed E-state index contributed by atoms with van der Waals surface area (Å²) in [6, 6.07) is 12.3. The first-order chi connectivity index (χ1) is 14.5. The van der Waals surface area contributed by atoms with Crippen LogP contribution in [0.1, 0.15) is 42.6 Å². The molecule has 1 saturated heterocycles. The normalized spacial score (nSPS) is 13.6. The maximum Gasteiger partial charge on any atom is 0.415 e. The predicted molar refractivity (Wildman–Crippen MR) is 118 cm³/mol. The van der Waals surface area contributed by atoms with E-state index >= 15 is 0 Å². The van der Waals surface area contributed by atoms with Crippen molar-refractivity contribution in [1.82, 2.24) is 4.90 Å². The molecule has 0 spiro atoms. The first-order valence-electron chi connectivity index (χ1n) is 10.4. The summed E-state index contributed by atoms with van der Waals surface area (Å²) in [5.41, 5.74) is 2.20. The fraction of sp³-hybridized carbons (Fsp3) is 0.333.